The van der Waals surface area contributed by atoms with Crippen LogP contribution >= 0.6 is 0 Å². The second-order valence-corrected chi connectivity index (χ2v) is 8.67. The minimum absolute atomic E-state index is 0.0296. The van der Waals surface area contributed by atoms with Crippen molar-refractivity contribution >= 4 is 11.8 Å². The van der Waals surface area contributed by atoms with Gasteiger partial charge in [0.25, 0.3) is 5.91 Å². The normalized spacial score (nSPS) is 31.5. The Morgan fingerprint density at radius 2 is 1.86 bits per heavy atom. The number of benzene rings is 1. The molecule has 3 fully saturated rings. The van der Waals surface area contributed by atoms with E-state index in [4.69, 9.17) is 9.47 Å². The van der Waals surface area contributed by atoms with Crippen LogP contribution in [0.5, 0.6) is 0 Å². The van der Waals surface area contributed by atoms with E-state index in [1.165, 1.54) is 0 Å². The molecule has 6 nitrogen and oxygen atoms in total. The smallest absolute Gasteiger partial charge is 0.251 e. The number of carbonyl (C=O) groups excluding carboxylic acids is 2. The quantitative estimate of drug-likeness (QED) is 0.797. The van der Waals surface area contributed by atoms with Gasteiger partial charge in [0.05, 0.1) is 25.4 Å². The first-order chi connectivity index (χ1) is 14.2. The van der Waals surface area contributed by atoms with Crippen molar-refractivity contribution in [2.75, 3.05) is 32.9 Å². The minimum atomic E-state index is -0.137. The summed E-state index contributed by atoms with van der Waals surface area (Å²) in [6.45, 7) is 5.95. The van der Waals surface area contributed by atoms with E-state index in [-0.39, 0.29) is 29.9 Å². The lowest BCUT2D eigenvalue weighted by atomic mass is 9.82. The highest BCUT2D eigenvalue weighted by atomic mass is 16.5. The molecule has 0 spiro atoms. The first-order valence-electron chi connectivity index (χ1n) is 11.0. The molecule has 0 radical (unpaired) electrons. The molecule has 2 aliphatic heterocycles. The van der Waals surface area contributed by atoms with Gasteiger partial charge in [-0.05, 0) is 37.8 Å². The summed E-state index contributed by atoms with van der Waals surface area (Å²) in [4.78, 5) is 27.9. The molecule has 2 saturated heterocycles. The van der Waals surface area contributed by atoms with Gasteiger partial charge in [0.2, 0.25) is 5.91 Å². The second-order valence-electron chi connectivity index (χ2n) is 8.67. The number of carbonyl (C=O) groups is 2. The summed E-state index contributed by atoms with van der Waals surface area (Å²) >= 11 is 0. The van der Waals surface area contributed by atoms with Crippen LogP contribution in [-0.4, -0.2) is 61.8 Å². The fourth-order valence-electron chi connectivity index (χ4n) is 4.95. The van der Waals surface area contributed by atoms with Crippen LogP contribution in [0.3, 0.4) is 0 Å². The lowest BCUT2D eigenvalue weighted by Gasteiger charge is -2.37. The van der Waals surface area contributed by atoms with Crippen LogP contribution in [0.2, 0.25) is 0 Å². The molecule has 2 heterocycles. The number of amides is 2. The molecule has 158 valence electrons. The SMILES string of the molecule is CCCO[C@@H]1CC[C@H](C(=O)N2C[C@H]3COC[C@H]3C2)C[C@H]1NC(=O)c1ccccc1. The van der Waals surface area contributed by atoms with E-state index in [2.05, 4.69) is 12.2 Å². The Balaban J connectivity index is 1.40. The van der Waals surface area contributed by atoms with E-state index >= 15 is 0 Å². The van der Waals surface area contributed by atoms with Crippen LogP contribution in [0.4, 0.5) is 0 Å². The molecule has 3 aliphatic rings. The van der Waals surface area contributed by atoms with Crippen LogP contribution in [0.1, 0.15) is 43.0 Å². The summed E-state index contributed by atoms with van der Waals surface area (Å²) in [5.74, 6) is 1.10. The molecule has 0 bridgehead atoms. The number of rotatable bonds is 6. The van der Waals surface area contributed by atoms with Gasteiger partial charge in [-0.3, -0.25) is 9.59 Å². The van der Waals surface area contributed by atoms with Crippen molar-refractivity contribution in [2.45, 2.75) is 44.8 Å². The zero-order valence-electron chi connectivity index (χ0n) is 17.2. The molecule has 4 rings (SSSR count). The fraction of sp³-hybridized carbons (Fsp3) is 0.652. The van der Waals surface area contributed by atoms with E-state index in [1.807, 2.05) is 35.2 Å². The van der Waals surface area contributed by atoms with Gasteiger partial charge < -0.3 is 19.7 Å². The van der Waals surface area contributed by atoms with Crippen LogP contribution in [0, 0.1) is 17.8 Å². The predicted octanol–water partition coefficient (Wildman–Crippen LogP) is 2.49. The molecule has 1 saturated carbocycles. The van der Waals surface area contributed by atoms with E-state index < -0.39 is 0 Å². The Bertz CT molecular complexity index is 698. The van der Waals surface area contributed by atoms with Gasteiger partial charge in [-0.15, -0.1) is 0 Å². The van der Waals surface area contributed by atoms with Crippen molar-refractivity contribution in [1.82, 2.24) is 10.2 Å². The van der Waals surface area contributed by atoms with E-state index in [0.717, 1.165) is 45.6 Å². The van der Waals surface area contributed by atoms with Gasteiger partial charge in [-0.2, -0.15) is 0 Å². The number of likely N-dealkylation sites (tertiary alicyclic amines) is 1. The highest BCUT2D eigenvalue weighted by Gasteiger charge is 2.43. The third-order valence-corrected chi connectivity index (χ3v) is 6.58. The number of nitrogens with zero attached hydrogens (tertiary/aromatic N) is 1. The zero-order chi connectivity index (χ0) is 20.2. The number of hydrogen-bond acceptors (Lipinski definition) is 4. The van der Waals surface area contributed by atoms with Gasteiger partial charge in [0.15, 0.2) is 0 Å². The van der Waals surface area contributed by atoms with Gasteiger partial charge in [0.1, 0.15) is 0 Å². The molecule has 1 aromatic rings. The lowest BCUT2D eigenvalue weighted by molar-refractivity contribution is -0.137. The average Bonchev–Trinajstić information content (AvgIpc) is 3.35. The monoisotopic (exact) mass is 400 g/mol. The maximum atomic E-state index is 13.2. The lowest BCUT2D eigenvalue weighted by Crippen LogP contribution is -2.51. The van der Waals surface area contributed by atoms with Gasteiger partial charge >= 0.3 is 0 Å². The predicted molar refractivity (Wildman–Crippen MR) is 109 cm³/mol. The van der Waals surface area contributed by atoms with Crippen molar-refractivity contribution in [3.8, 4) is 0 Å². The molecular formula is C23H32N2O4. The Morgan fingerprint density at radius 3 is 2.55 bits per heavy atom. The molecular weight excluding hydrogens is 368 g/mol. The topological polar surface area (TPSA) is 67.9 Å². The average molecular weight is 401 g/mol. The minimum Gasteiger partial charge on any atom is -0.381 e. The van der Waals surface area contributed by atoms with E-state index in [1.54, 1.807) is 0 Å². The third-order valence-electron chi connectivity index (χ3n) is 6.58. The largest absolute Gasteiger partial charge is 0.381 e. The molecule has 5 atom stereocenters. The summed E-state index contributed by atoms with van der Waals surface area (Å²) in [5, 5.41) is 3.15. The standard InChI is InChI=1S/C23H32N2O4/c1-2-10-29-21-9-8-17(23(27)25-12-18-14-28-15-19(18)13-25)11-20(21)24-22(26)16-6-4-3-5-7-16/h3-7,17-21H,2,8-15H2,1H3,(H,24,26)/t17-,18-,19+,20+,21+/m0/s1. The van der Waals surface area contributed by atoms with Gasteiger partial charge in [-0.25, -0.2) is 0 Å². The molecule has 6 heteroatoms. The second kappa shape index (κ2) is 9.26. The summed E-state index contributed by atoms with van der Waals surface area (Å²) in [6, 6.07) is 9.11. The molecule has 0 unspecified atom stereocenters. The molecule has 1 N–H and O–H groups in total. The molecule has 1 aromatic carbocycles. The summed E-state index contributed by atoms with van der Waals surface area (Å²) in [6.07, 6.45) is 3.19. The van der Waals surface area contributed by atoms with Crippen molar-refractivity contribution < 1.29 is 19.1 Å². The van der Waals surface area contributed by atoms with E-state index in [9.17, 15) is 9.59 Å². The maximum Gasteiger partial charge on any atom is 0.251 e. The number of ether oxygens (including phenoxy) is 2. The molecule has 1 aliphatic carbocycles. The van der Waals surface area contributed by atoms with Gasteiger partial charge in [0, 0.05) is 43.0 Å². The Hall–Kier alpha value is -1.92. The van der Waals surface area contributed by atoms with Crippen LogP contribution in [-0.2, 0) is 14.3 Å². The van der Waals surface area contributed by atoms with Crippen molar-refractivity contribution in [3.63, 3.8) is 0 Å². The Morgan fingerprint density at radius 1 is 1.14 bits per heavy atom. The third kappa shape index (κ3) is 4.64. The van der Waals surface area contributed by atoms with Crippen LogP contribution in [0.15, 0.2) is 30.3 Å². The molecule has 2 amide bonds. The maximum absolute atomic E-state index is 13.2. The van der Waals surface area contributed by atoms with E-state index in [0.29, 0.717) is 30.4 Å². The zero-order valence-corrected chi connectivity index (χ0v) is 17.2. The van der Waals surface area contributed by atoms with Crippen LogP contribution < -0.4 is 5.32 Å². The number of hydrogen-bond donors (Lipinski definition) is 1. The fourth-order valence-corrected chi connectivity index (χ4v) is 4.95. The highest BCUT2D eigenvalue weighted by molar-refractivity contribution is 5.94. The van der Waals surface area contributed by atoms with Gasteiger partial charge in [-0.1, -0.05) is 25.1 Å². The summed E-state index contributed by atoms with van der Waals surface area (Å²) in [7, 11) is 0. The summed E-state index contributed by atoms with van der Waals surface area (Å²) in [5.41, 5.74) is 0.641. The molecule has 29 heavy (non-hydrogen) atoms. The van der Waals surface area contributed by atoms with Crippen LogP contribution in [0.25, 0.3) is 0 Å². The number of fused-ring (bicyclic) bond motifs is 1. The van der Waals surface area contributed by atoms with Crippen molar-refractivity contribution in [1.29, 1.82) is 0 Å². The number of nitrogens with one attached hydrogen (secondary N) is 1. The Labute approximate surface area is 172 Å². The molecule has 0 aromatic heterocycles. The highest BCUT2D eigenvalue weighted by Crippen LogP contribution is 2.34. The Kier molecular flexibility index (Phi) is 6.50. The summed E-state index contributed by atoms with van der Waals surface area (Å²) < 4.78 is 11.6. The first kappa shape index (κ1) is 20.4. The van der Waals surface area contributed by atoms with Crippen molar-refractivity contribution in [3.05, 3.63) is 35.9 Å². The van der Waals surface area contributed by atoms with Crippen molar-refractivity contribution in [2.24, 2.45) is 17.8 Å². The first-order valence-corrected chi connectivity index (χ1v) is 11.0.